The second kappa shape index (κ2) is 9.75. The largest absolute Gasteiger partial charge is 0.316 e. The second-order valence-corrected chi connectivity index (χ2v) is 6.88. The van der Waals surface area contributed by atoms with Crippen molar-refractivity contribution in [2.24, 2.45) is 5.92 Å². The molecule has 0 aliphatic heterocycles. The van der Waals surface area contributed by atoms with E-state index in [9.17, 15) is 4.39 Å². The lowest BCUT2D eigenvalue weighted by Crippen LogP contribution is -2.20. The summed E-state index contributed by atoms with van der Waals surface area (Å²) >= 11 is 9.22. The van der Waals surface area contributed by atoms with Crippen LogP contribution >= 0.6 is 27.5 Å². The van der Waals surface area contributed by atoms with Gasteiger partial charge in [0.2, 0.25) is 0 Å². The van der Waals surface area contributed by atoms with E-state index in [1.807, 2.05) is 0 Å². The minimum absolute atomic E-state index is 0.167. The quantitative estimate of drug-likeness (QED) is 0.445. The number of unbranched alkanes of at least 4 members (excludes halogenated alkanes) is 3. The lowest BCUT2D eigenvalue weighted by molar-refractivity contribution is 0.524. The van der Waals surface area contributed by atoms with E-state index in [0.29, 0.717) is 15.4 Å². The lowest BCUT2D eigenvalue weighted by Gasteiger charge is -2.08. The van der Waals surface area contributed by atoms with Crippen LogP contribution < -0.4 is 5.32 Å². The minimum atomic E-state index is -0.167. The van der Waals surface area contributed by atoms with Crippen LogP contribution in [0.3, 0.4) is 0 Å². The molecule has 0 aromatic heterocycles. The molecule has 4 heteroatoms. The van der Waals surface area contributed by atoms with Crippen molar-refractivity contribution in [1.82, 2.24) is 5.32 Å². The third-order valence-electron chi connectivity index (χ3n) is 3.19. The molecule has 0 saturated heterocycles. The molecular formula is C16H24BrClFN. The molecular weight excluding hydrogens is 341 g/mol. The molecule has 0 saturated carbocycles. The summed E-state index contributed by atoms with van der Waals surface area (Å²) < 4.78 is 14.3. The minimum Gasteiger partial charge on any atom is -0.316 e. The first kappa shape index (κ1) is 17.9. The molecule has 1 N–H and O–H groups in total. The SMILES string of the molecule is CC(C)CNCCCCCCc1cc(Cl)c(Br)cc1F. The number of benzene rings is 1. The van der Waals surface area contributed by atoms with Crippen molar-refractivity contribution in [1.29, 1.82) is 0 Å². The van der Waals surface area contributed by atoms with Gasteiger partial charge in [-0.25, -0.2) is 4.39 Å². The van der Waals surface area contributed by atoms with E-state index in [2.05, 4.69) is 35.1 Å². The van der Waals surface area contributed by atoms with E-state index >= 15 is 0 Å². The van der Waals surface area contributed by atoms with Gasteiger partial charge in [0.15, 0.2) is 0 Å². The zero-order chi connectivity index (χ0) is 15.0. The summed E-state index contributed by atoms with van der Waals surface area (Å²) in [7, 11) is 0. The van der Waals surface area contributed by atoms with Gasteiger partial charge in [0, 0.05) is 4.47 Å². The molecule has 1 nitrogen and oxygen atoms in total. The average Bonchev–Trinajstić information content (AvgIpc) is 2.38. The van der Waals surface area contributed by atoms with E-state index < -0.39 is 0 Å². The summed E-state index contributed by atoms with van der Waals surface area (Å²) in [6.07, 6.45) is 5.29. The number of rotatable bonds is 9. The van der Waals surface area contributed by atoms with Crippen molar-refractivity contribution in [3.05, 3.63) is 33.0 Å². The third-order valence-corrected chi connectivity index (χ3v) is 4.39. The molecule has 0 unspecified atom stereocenters. The maximum Gasteiger partial charge on any atom is 0.127 e. The van der Waals surface area contributed by atoms with Gasteiger partial charge in [-0.3, -0.25) is 0 Å². The van der Waals surface area contributed by atoms with Gasteiger partial charge in [0.25, 0.3) is 0 Å². The van der Waals surface area contributed by atoms with Crippen molar-refractivity contribution in [2.45, 2.75) is 46.0 Å². The highest BCUT2D eigenvalue weighted by molar-refractivity contribution is 9.10. The van der Waals surface area contributed by atoms with Crippen molar-refractivity contribution in [3.63, 3.8) is 0 Å². The zero-order valence-electron chi connectivity index (χ0n) is 12.3. The molecule has 0 bridgehead atoms. The van der Waals surface area contributed by atoms with Gasteiger partial charge >= 0.3 is 0 Å². The van der Waals surface area contributed by atoms with Crippen LogP contribution in [0.2, 0.25) is 5.02 Å². The first-order valence-corrected chi connectivity index (χ1v) is 8.52. The highest BCUT2D eigenvalue weighted by Crippen LogP contribution is 2.26. The normalized spacial score (nSPS) is 11.3. The fourth-order valence-electron chi connectivity index (χ4n) is 2.07. The molecule has 1 aromatic rings. The monoisotopic (exact) mass is 363 g/mol. The molecule has 0 spiro atoms. The number of nitrogens with one attached hydrogen (secondary N) is 1. The predicted molar refractivity (Wildman–Crippen MR) is 89.0 cm³/mol. The van der Waals surface area contributed by atoms with E-state index in [1.165, 1.54) is 18.9 Å². The van der Waals surface area contributed by atoms with Crippen LogP contribution in [0.15, 0.2) is 16.6 Å². The smallest absolute Gasteiger partial charge is 0.127 e. The van der Waals surface area contributed by atoms with Crippen LogP contribution in [0.25, 0.3) is 0 Å². The Morgan fingerprint density at radius 3 is 2.60 bits per heavy atom. The Hall–Kier alpha value is -0.120. The molecule has 1 rings (SSSR count). The van der Waals surface area contributed by atoms with E-state index in [1.54, 1.807) is 6.07 Å². The van der Waals surface area contributed by atoms with Crippen LogP contribution in [-0.2, 0) is 6.42 Å². The molecule has 0 fully saturated rings. The van der Waals surface area contributed by atoms with Crippen LogP contribution in [0.5, 0.6) is 0 Å². The van der Waals surface area contributed by atoms with E-state index in [0.717, 1.165) is 37.9 Å². The molecule has 1 aromatic carbocycles. The Bertz CT molecular complexity index is 410. The van der Waals surface area contributed by atoms with Crippen LogP contribution in [0, 0.1) is 11.7 Å². The fraction of sp³-hybridized carbons (Fsp3) is 0.625. The summed E-state index contributed by atoms with van der Waals surface area (Å²) in [6.45, 7) is 6.59. The maximum absolute atomic E-state index is 13.7. The predicted octanol–water partition coefficient (Wildman–Crippen LogP) is 5.59. The molecule has 0 aliphatic carbocycles. The molecule has 114 valence electrons. The van der Waals surface area contributed by atoms with Crippen molar-refractivity contribution < 1.29 is 4.39 Å². The number of hydrogen-bond acceptors (Lipinski definition) is 1. The van der Waals surface area contributed by atoms with Crippen LogP contribution in [0.4, 0.5) is 4.39 Å². The van der Waals surface area contributed by atoms with Crippen molar-refractivity contribution in [2.75, 3.05) is 13.1 Å². The highest BCUT2D eigenvalue weighted by Gasteiger charge is 2.06. The Kier molecular flexibility index (Phi) is 8.74. The fourth-order valence-corrected chi connectivity index (χ4v) is 2.57. The molecule has 20 heavy (non-hydrogen) atoms. The van der Waals surface area contributed by atoms with Gasteiger partial charge in [-0.15, -0.1) is 0 Å². The molecule has 0 amide bonds. The summed E-state index contributed by atoms with van der Waals surface area (Å²) in [6, 6.07) is 3.18. The maximum atomic E-state index is 13.7. The molecule has 0 atom stereocenters. The van der Waals surface area contributed by atoms with Gasteiger partial charge in [-0.05, 0) is 71.9 Å². The van der Waals surface area contributed by atoms with Crippen molar-refractivity contribution >= 4 is 27.5 Å². The van der Waals surface area contributed by atoms with Crippen LogP contribution in [-0.4, -0.2) is 13.1 Å². The van der Waals surface area contributed by atoms with Gasteiger partial charge in [-0.2, -0.15) is 0 Å². The zero-order valence-corrected chi connectivity index (χ0v) is 14.7. The third kappa shape index (κ3) is 7.05. The summed E-state index contributed by atoms with van der Waals surface area (Å²) in [4.78, 5) is 0. The lowest BCUT2D eigenvalue weighted by atomic mass is 10.1. The Balaban J connectivity index is 2.14. The first-order valence-electron chi connectivity index (χ1n) is 7.35. The number of halogens is 3. The molecule has 0 heterocycles. The number of aryl methyl sites for hydroxylation is 1. The molecule has 0 radical (unpaired) electrons. The van der Waals surface area contributed by atoms with Gasteiger partial charge in [-0.1, -0.05) is 38.3 Å². The van der Waals surface area contributed by atoms with Crippen molar-refractivity contribution in [3.8, 4) is 0 Å². The average molecular weight is 365 g/mol. The van der Waals surface area contributed by atoms with Gasteiger partial charge < -0.3 is 5.32 Å². The van der Waals surface area contributed by atoms with E-state index in [-0.39, 0.29) is 5.82 Å². The van der Waals surface area contributed by atoms with Gasteiger partial charge in [0.05, 0.1) is 5.02 Å². The second-order valence-electron chi connectivity index (χ2n) is 5.62. The van der Waals surface area contributed by atoms with Crippen LogP contribution in [0.1, 0.15) is 45.1 Å². The van der Waals surface area contributed by atoms with E-state index in [4.69, 9.17) is 11.6 Å². The topological polar surface area (TPSA) is 12.0 Å². The summed E-state index contributed by atoms with van der Waals surface area (Å²) in [5.41, 5.74) is 0.719. The highest BCUT2D eigenvalue weighted by atomic mass is 79.9. The Morgan fingerprint density at radius 2 is 1.90 bits per heavy atom. The Labute approximate surface area is 135 Å². The summed E-state index contributed by atoms with van der Waals surface area (Å²) in [5, 5.41) is 4.02. The Morgan fingerprint density at radius 1 is 1.20 bits per heavy atom. The van der Waals surface area contributed by atoms with Gasteiger partial charge in [0.1, 0.15) is 5.82 Å². The summed E-state index contributed by atoms with van der Waals surface area (Å²) in [5.74, 6) is 0.542. The number of hydrogen-bond donors (Lipinski definition) is 1. The standard InChI is InChI=1S/C16H24BrClFN/c1-12(2)11-20-8-6-4-3-5-7-13-9-15(18)14(17)10-16(13)19/h9-10,12,20H,3-8,11H2,1-2H3. The molecule has 0 aliphatic rings. The first-order chi connectivity index (χ1) is 9.50.